The zero-order valence-electron chi connectivity index (χ0n) is 15.6. The highest BCUT2D eigenvalue weighted by molar-refractivity contribution is 7.91. The second-order valence-electron chi connectivity index (χ2n) is 7.31. The lowest BCUT2D eigenvalue weighted by atomic mass is 9.98. The van der Waals surface area contributed by atoms with Gasteiger partial charge in [0.05, 0.1) is 33.0 Å². The third-order valence-electron chi connectivity index (χ3n) is 5.47. The van der Waals surface area contributed by atoms with Gasteiger partial charge in [-0.3, -0.25) is 4.98 Å². The molecule has 1 heterocycles. The van der Waals surface area contributed by atoms with Crippen molar-refractivity contribution < 1.29 is 13.5 Å². The molecule has 1 aliphatic rings. The van der Waals surface area contributed by atoms with E-state index in [0.717, 1.165) is 24.8 Å². The number of aliphatic hydroxyl groups excluding tert-OH is 1. The first-order valence-electron chi connectivity index (χ1n) is 9.26. The van der Waals surface area contributed by atoms with Crippen LogP contribution in [0.25, 0.3) is 11.3 Å². The lowest BCUT2D eigenvalue weighted by molar-refractivity contribution is 0.204. The SMILES string of the molecule is CN[C@@H](CO)C1CCC(CS(=O)(=O)c2ccc(-c3ncc(Cl)cc3Cl)cc2)C1. The van der Waals surface area contributed by atoms with Crippen LogP contribution in [0.5, 0.6) is 0 Å². The number of pyridine rings is 1. The maximum Gasteiger partial charge on any atom is 0.178 e. The lowest BCUT2D eigenvalue weighted by Gasteiger charge is -2.20. The van der Waals surface area contributed by atoms with Crippen molar-refractivity contribution >= 4 is 33.0 Å². The number of aliphatic hydroxyl groups is 1. The van der Waals surface area contributed by atoms with Crippen molar-refractivity contribution in [2.45, 2.75) is 30.2 Å². The Morgan fingerprint density at radius 2 is 1.96 bits per heavy atom. The van der Waals surface area contributed by atoms with E-state index >= 15 is 0 Å². The first-order chi connectivity index (χ1) is 13.3. The van der Waals surface area contributed by atoms with Crippen LogP contribution in [-0.4, -0.2) is 44.0 Å². The minimum atomic E-state index is -3.38. The number of nitrogens with zero attached hydrogens (tertiary/aromatic N) is 1. The molecule has 2 N–H and O–H groups in total. The third-order valence-corrected chi connectivity index (χ3v) is 7.86. The number of hydrogen-bond acceptors (Lipinski definition) is 5. The number of benzene rings is 1. The summed E-state index contributed by atoms with van der Waals surface area (Å²) in [4.78, 5) is 4.53. The van der Waals surface area contributed by atoms with Crippen molar-refractivity contribution in [1.82, 2.24) is 10.3 Å². The van der Waals surface area contributed by atoms with Crippen molar-refractivity contribution in [3.8, 4) is 11.3 Å². The van der Waals surface area contributed by atoms with Gasteiger partial charge in [-0.2, -0.15) is 0 Å². The Hall–Kier alpha value is -1.18. The molecular weight excluding hydrogens is 419 g/mol. The highest BCUT2D eigenvalue weighted by Gasteiger charge is 2.33. The molecule has 0 bridgehead atoms. The minimum Gasteiger partial charge on any atom is -0.395 e. The van der Waals surface area contributed by atoms with Crippen molar-refractivity contribution in [2.24, 2.45) is 11.8 Å². The summed E-state index contributed by atoms with van der Waals surface area (Å²) in [7, 11) is -1.55. The Bertz CT molecular complexity index is 916. The summed E-state index contributed by atoms with van der Waals surface area (Å²) in [5.74, 6) is 0.560. The molecule has 0 amide bonds. The zero-order valence-corrected chi connectivity index (χ0v) is 17.9. The molecule has 3 rings (SSSR count). The molecule has 2 aromatic rings. The van der Waals surface area contributed by atoms with E-state index in [1.54, 1.807) is 30.3 Å². The van der Waals surface area contributed by atoms with E-state index in [4.69, 9.17) is 23.2 Å². The Balaban J connectivity index is 1.71. The van der Waals surface area contributed by atoms with Gasteiger partial charge in [-0.25, -0.2) is 8.42 Å². The molecule has 0 aliphatic heterocycles. The van der Waals surface area contributed by atoms with Crippen LogP contribution in [0.3, 0.4) is 0 Å². The Kier molecular flexibility index (Phi) is 6.99. The van der Waals surface area contributed by atoms with Gasteiger partial charge in [-0.05, 0) is 56.3 Å². The minimum absolute atomic E-state index is 0.0311. The molecule has 0 spiro atoms. The largest absolute Gasteiger partial charge is 0.395 e. The topological polar surface area (TPSA) is 79.3 Å². The molecule has 0 saturated heterocycles. The molecule has 0 radical (unpaired) electrons. The van der Waals surface area contributed by atoms with Gasteiger partial charge in [0.15, 0.2) is 9.84 Å². The smallest absolute Gasteiger partial charge is 0.178 e. The fourth-order valence-corrected chi connectivity index (χ4v) is 6.12. The quantitative estimate of drug-likeness (QED) is 0.680. The molecule has 1 saturated carbocycles. The maximum atomic E-state index is 12.8. The van der Waals surface area contributed by atoms with Crippen molar-refractivity contribution in [3.63, 3.8) is 0 Å². The van der Waals surface area contributed by atoms with Gasteiger partial charge in [0.1, 0.15) is 0 Å². The summed E-state index contributed by atoms with van der Waals surface area (Å²) < 4.78 is 25.7. The summed E-state index contributed by atoms with van der Waals surface area (Å²) >= 11 is 12.1. The summed E-state index contributed by atoms with van der Waals surface area (Å²) in [6.07, 6.45) is 4.12. The van der Waals surface area contributed by atoms with E-state index in [2.05, 4.69) is 10.3 Å². The van der Waals surface area contributed by atoms with Gasteiger partial charge in [-0.15, -0.1) is 0 Å². The van der Waals surface area contributed by atoms with Gasteiger partial charge >= 0.3 is 0 Å². The summed E-state index contributed by atoms with van der Waals surface area (Å²) in [5.41, 5.74) is 1.30. The van der Waals surface area contributed by atoms with Crippen LogP contribution in [0.1, 0.15) is 19.3 Å². The fraction of sp³-hybridized carbons (Fsp3) is 0.450. The van der Waals surface area contributed by atoms with Gasteiger partial charge in [-0.1, -0.05) is 35.3 Å². The molecule has 2 unspecified atom stereocenters. The summed E-state index contributed by atoms with van der Waals surface area (Å²) in [6, 6.07) is 8.28. The molecule has 5 nitrogen and oxygen atoms in total. The van der Waals surface area contributed by atoms with Crippen LogP contribution >= 0.6 is 23.2 Å². The number of nitrogens with one attached hydrogen (secondary N) is 1. The van der Waals surface area contributed by atoms with E-state index < -0.39 is 9.84 Å². The first kappa shape index (κ1) is 21.5. The summed E-state index contributed by atoms with van der Waals surface area (Å²) in [5, 5.41) is 13.4. The number of sulfone groups is 1. The Morgan fingerprint density at radius 1 is 1.25 bits per heavy atom. The predicted molar refractivity (Wildman–Crippen MR) is 113 cm³/mol. The number of halogens is 2. The second-order valence-corrected chi connectivity index (χ2v) is 10.2. The molecule has 8 heteroatoms. The van der Waals surface area contributed by atoms with E-state index in [-0.39, 0.29) is 24.3 Å². The van der Waals surface area contributed by atoms with Crippen LogP contribution < -0.4 is 5.32 Å². The normalized spacial score (nSPS) is 21.0. The van der Waals surface area contributed by atoms with Gasteiger partial charge in [0.2, 0.25) is 0 Å². The highest BCUT2D eigenvalue weighted by Crippen LogP contribution is 2.35. The molecule has 1 aliphatic carbocycles. The standard InChI is InChI=1S/C20H24Cl2N2O3S/c1-23-19(11-25)15-3-2-13(8-15)12-28(26,27)17-6-4-14(5-7-17)20-18(22)9-16(21)10-24-20/h4-7,9-10,13,15,19,23,25H,2-3,8,11-12H2,1H3/t13?,15?,19-/m0/s1. The van der Waals surface area contributed by atoms with Crippen LogP contribution in [-0.2, 0) is 9.84 Å². The van der Waals surface area contributed by atoms with E-state index in [9.17, 15) is 13.5 Å². The zero-order chi connectivity index (χ0) is 20.3. The number of rotatable bonds is 7. The van der Waals surface area contributed by atoms with E-state index in [0.29, 0.717) is 26.6 Å². The van der Waals surface area contributed by atoms with Gasteiger partial charge < -0.3 is 10.4 Å². The van der Waals surface area contributed by atoms with Crippen molar-refractivity contribution in [1.29, 1.82) is 0 Å². The average Bonchev–Trinajstić information content (AvgIpc) is 3.10. The van der Waals surface area contributed by atoms with E-state index in [1.165, 1.54) is 6.20 Å². The van der Waals surface area contributed by atoms with Crippen LogP contribution in [0.2, 0.25) is 10.0 Å². The van der Waals surface area contributed by atoms with Gasteiger partial charge in [0, 0.05) is 17.8 Å². The molecular formula is C20H24Cl2N2O3S. The second kappa shape index (κ2) is 9.09. The van der Waals surface area contributed by atoms with Crippen molar-refractivity contribution in [3.05, 3.63) is 46.6 Å². The lowest BCUT2D eigenvalue weighted by Crippen LogP contribution is -2.35. The van der Waals surface area contributed by atoms with E-state index in [1.807, 2.05) is 7.05 Å². The highest BCUT2D eigenvalue weighted by atomic mass is 35.5. The van der Waals surface area contributed by atoms with Gasteiger partial charge in [0.25, 0.3) is 0 Å². The summed E-state index contributed by atoms with van der Waals surface area (Å²) in [6.45, 7) is 0.0728. The molecule has 28 heavy (non-hydrogen) atoms. The third kappa shape index (κ3) is 4.86. The monoisotopic (exact) mass is 442 g/mol. The van der Waals surface area contributed by atoms with Crippen molar-refractivity contribution in [2.75, 3.05) is 19.4 Å². The van der Waals surface area contributed by atoms with Crippen LogP contribution in [0, 0.1) is 11.8 Å². The molecule has 152 valence electrons. The van der Waals surface area contributed by atoms with Crippen LogP contribution in [0.4, 0.5) is 0 Å². The maximum absolute atomic E-state index is 12.8. The van der Waals surface area contributed by atoms with Crippen LogP contribution in [0.15, 0.2) is 41.4 Å². The fourth-order valence-electron chi connectivity index (χ4n) is 3.96. The molecule has 1 aromatic carbocycles. The average molecular weight is 443 g/mol. The molecule has 1 fully saturated rings. The molecule has 3 atom stereocenters. The Morgan fingerprint density at radius 3 is 2.57 bits per heavy atom. The number of hydrogen-bond donors (Lipinski definition) is 2. The Labute approximate surface area is 176 Å². The first-order valence-corrected chi connectivity index (χ1v) is 11.7. The number of likely N-dealkylation sites (N-methyl/N-ethyl adjacent to an activating group) is 1. The predicted octanol–water partition coefficient (Wildman–Crippen LogP) is 3.83. The number of aromatic nitrogens is 1. The molecule has 1 aromatic heterocycles.